The molecule has 0 fully saturated rings. The van der Waals surface area contributed by atoms with Crippen molar-refractivity contribution in [2.45, 2.75) is 6.92 Å². The number of hydrogen-bond acceptors (Lipinski definition) is 2. The van der Waals surface area contributed by atoms with E-state index in [4.69, 9.17) is 0 Å². The number of aromatic nitrogens is 1. The van der Waals surface area contributed by atoms with Crippen molar-refractivity contribution in [2.75, 3.05) is 0 Å². The molecular weight excluding hydrogens is 378 g/mol. The molecule has 0 aliphatic carbocycles. The van der Waals surface area contributed by atoms with E-state index in [-0.39, 0.29) is 0 Å². The van der Waals surface area contributed by atoms with Gasteiger partial charge in [0.1, 0.15) is 0 Å². The molecule has 3 aromatic carbocycles. The molecule has 0 atom stereocenters. The number of nitrogens with one attached hydrogen (secondary N) is 1. The van der Waals surface area contributed by atoms with Gasteiger partial charge in [-0.05, 0) is 25.1 Å². The van der Waals surface area contributed by atoms with Crippen LogP contribution in [0.2, 0.25) is 0 Å². The van der Waals surface area contributed by atoms with Crippen molar-refractivity contribution in [1.82, 2.24) is 4.98 Å². The van der Waals surface area contributed by atoms with Crippen LogP contribution in [0.25, 0.3) is 63.4 Å². The first-order valence-electron chi connectivity index (χ1n) is 9.37. The molecule has 3 aromatic heterocycles. The minimum absolute atomic E-state index is 1.13. The van der Waals surface area contributed by atoms with Gasteiger partial charge in [0, 0.05) is 52.3 Å². The lowest BCUT2D eigenvalue weighted by molar-refractivity contribution is 1.43. The third-order valence-electron chi connectivity index (χ3n) is 5.50. The highest BCUT2D eigenvalue weighted by Crippen LogP contribution is 2.50. The molecule has 0 amide bonds. The normalized spacial score (nSPS) is 12.5. The minimum Gasteiger partial charge on any atom is -0.353 e. The van der Waals surface area contributed by atoms with Crippen molar-refractivity contribution in [3.63, 3.8) is 0 Å². The highest BCUT2D eigenvalue weighted by atomic mass is 32.1. The molecule has 1 N–H and O–H groups in total. The first kappa shape index (κ1) is 16.1. The molecule has 134 valence electrons. The number of allylic oxidation sites excluding steroid dienone is 1. The fourth-order valence-electron chi connectivity index (χ4n) is 4.39. The first-order chi connectivity index (χ1) is 13.8. The predicted molar refractivity (Wildman–Crippen MR) is 129 cm³/mol. The molecule has 0 radical (unpaired) electrons. The molecule has 0 aliphatic heterocycles. The summed E-state index contributed by atoms with van der Waals surface area (Å²) in [6.07, 6.45) is 6.23. The molecule has 0 unspecified atom stereocenters. The third-order valence-corrected chi connectivity index (χ3v) is 7.88. The summed E-state index contributed by atoms with van der Waals surface area (Å²) in [5.41, 5.74) is 3.56. The van der Waals surface area contributed by atoms with Gasteiger partial charge in [-0.1, -0.05) is 55.1 Å². The zero-order chi connectivity index (χ0) is 18.8. The molecule has 0 saturated carbocycles. The predicted octanol–water partition coefficient (Wildman–Crippen LogP) is 8.58. The number of benzene rings is 3. The van der Waals surface area contributed by atoms with Gasteiger partial charge in [0.25, 0.3) is 0 Å². The van der Waals surface area contributed by atoms with E-state index in [1.165, 1.54) is 56.8 Å². The summed E-state index contributed by atoms with van der Waals surface area (Å²) in [5.74, 6) is 0. The van der Waals surface area contributed by atoms with E-state index >= 15 is 0 Å². The van der Waals surface area contributed by atoms with Crippen LogP contribution in [-0.4, -0.2) is 4.98 Å². The Morgan fingerprint density at radius 1 is 0.821 bits per heavy atom. The topological polar surface area (TPSA) is 15.8 Å². The zero-order valence-electron chi connectivity index (χ0n) is 15.4. The summed E-state index contributed by atoms with van der Waals surface area (Å²) in [7, 11) is 0. The highest BCUT2D eigenvalue weighted by Gasteiger charge is 2.21. The summed E-state index contributed by atoms with van der Waals surface area (Å²) < 4.78 is 5.40. The molecular formula is C25H17NS2. The van der Waals surface area contributed by atoms with E-state index in [2.05, 4.69) is 79.2 Å². The number of hydrogen-bond donors (Lipinski definition) is 1. The fraction of sp³-hybridized carbons (Fsp3) is 0.0400. The molecule has 0 saturated heterocycles. The Kier molecular flexibility index (Phi) is 3.34. The summed E-state index contributed by atoms with van der Waals surface area (Å²) in [5, 5.41) is 6.72. The van der Waals surface area contributed by atoms with Crippen LogP contribution >= 0.6 is 22.7 Å². The van der Waals surface area contributed by atoms with Crippen LogP contribution < -0.4 is 0 Å². The van der Waals surface area contributed by atoms with Gasteiger partial charge >= 0.3 is 0 Å². The molecule has 3 heterocycles. The van der Waals surface area contributed by atoms with Gasteiger partial charge < -0.3 is 4.98 Å². The van der Waals surface area contributed by atoms with E-state index in [0.29, 0.717) is 0 Å². The largest absolute Gasteiger partial charge is 0.353 e. The Hall–Kier alpha value is -2.88. The second-order valence-corrected chi connectivity index (χ2v) is 9.12. The third kappa shape index (κ3) is 1.95. The molecule has 0 bridgehead atoms. The maximum Gasteiger partial charge on any atom is 0.0653 e. The average molecular weight is 396 g/mol. The average Bonchev–Trinajstić information content (AvgIpc) is 3.38. The quantitative estimate of drug-likeness (QED) is 0.302. The van der Waals surface area contributed by atoms with E-state index in [9.17, 15) is 0 Å². The van der Waals surface area contributed by atoms with E-state index in [1.807, 2.05) is 28.7 Å². The van der Waals surface area contributed by atoms with E-state index < -0.39 is 0 Å². The number of thiophene rings is 2. The van der Waals surface area contributed by atoms with Gasteiger partial charge in [0.05, 0.1) is 10.2 Å². The Morgan fingerprint density at radius 2 is 1.46 bits per heavy atom. The van der Waals surface area contributed by atoms with Gasteiger partial charge in [-0.2, -0.15) is 0 Å². The summed E-state index contributed by atoms with van der Waals surface area (Å²) in [6.45, 7) is 6.20. The van der Waals surface area contributed by atoms with Crippen molar-refractivity contribution in [3.05, 3.63) is 72.4 Å². The lowest BCUT2D eigenvalue weighted by Crippen LogP contribution is -1.76. The van der Waals surface area contributed by atoms with Crippen molar-refractivity contribution in [3.8, 4) is 0 Å². The van der Waals surface area contributed by atoms with Crippen molar-refractivity contribution in [2.24, 2.45) is 0 Å². The van der Waals surface area contributed by atoms with Crippen LogP contribution in [0.1, 0.15) is 18.2 Å². The monoisotopic (exact) mass is 395 g/mol. The molecule has 1 nitrogen and oxygen atoms in total. The van der Waals surface area contributed by atoms with Crippen molar-refractivity contribution >= 4 is 86.1 Å². The standard InChI is InChI=1S/C25H17NS2/c1-3-9-17-14(4-2)20-21-15-10-5-7-12-18(15)27-24(21)22-16-11-6-8-13-19(16)28-25(22)23(20)26-17/h3-13,26H,2H2,1H3/b9-3-. The minimum atomic E-state index is 1.13. The number of fused-ring (bicyclic) bond motifs is 10. The highest BCUT2D eigenvalue weighted by molar-refractivity contribution is 7.30. The molecule has 0 aliphatic rings. The van der Waals surface area contributed by atoms with Gasteiger partial charge in [-0.25, -0.2) is 0 Å². The number of aromatic amines is 1. The van der Waals surface area contributed by atoms with Gasteiger partial charge in [-0.3, -0.25) is 0 Å². The smallest absolute Gasteiger partial charge is 0.0653 e. The number of H-pyrrole nitrogens is 1. The maximum absolute atomic E-state index is 4.14. The van der Waals surface area contributed by atoms with Gasteiger partial charge in [-0.15, -0.1) is 22.7 Å². The van der Waals surface area contributed by atoms with Crippen LogP contribution in [0.5, 0.6) is 0 Å². The summed E-state index contributed by atoms with van der Waals surface area (Å²) in [4.78, 5) is 3.72. The zero-order valence-corrected chi connectivity index (χ0v) is 17.0. The SMILES string of the molecule is C=Cc1c(/C=C\C)[nH]c2c3sc4ccccc4c3c3sc4ccccc4c3c12. The van der Waals surface area contributed by atoms with Crippen LogP contribution in [0, 0.1) is 0 Å². The van der Waals surface area contributed by atoms with Crippen LogP contribution in [0.3, 0.4) is 0 Å². The Morgan fingerprint density at radius 3 is 2.14 bits per heavy atom. The molecule has 6 aromatic rings. The van der Waals surface area contributed by atoms with Crippen LogP contribution in [0.4, 0.5) is 0 Å². The van der Waals surface area contributed by atoms with Crippen molar-refractivity contribution < 1.29 is 0 Å². The summed E-state index contributed by atoms with van der Waals surface area (Å²) >= 11 is 3.79. The summed E-state index contributed by atoms with van der Waals surface area (Å²) in [6, 6.07) is 17.5. The Bertz CT molecular complexity index is 1590. The maximum atomic E-state index is 4.14. The van der Waals surface area contributed by atoms with Gasteiger partial charge in [0.2, 0.25) is 0 Å². The molecule has 6 rings (SSSR count). The van der Waals surface area contributed by atoms with E-state index in [1.54, 1.807) is 0 Å². The first-order valence-corrected chi connectivity index (χ1v) is 11.0. The number of rotatable bonds is 2. The van der Waals surface area contributed by atoms with Crippen molar-refractivity contribution in [1.29, 1.82) is 0 Å². The lowest BCUT2D eigenvalue weighted by atomic mass is 10.0. The van der Waals surface area contributed by atoms with Crippen LogP contribution in [0.15, 0.2) is 61.2 Å². The van der Waals surface area contributed by atoms with Crippen LogP contribution in [-0.2, 0) is 0 Å². The fourth-order valence-corrected chi connectivity index (χ4v) is 6.95. The second-order valence-electron chi connectivity index (χ2n) is 7.01. The Labute approximate surface area is 170 Å². The molecule has 0 spiro atoms. The van der Waals surface area contributed by atoms with Gasteiger partial charge in [0.15, 0.2) is 0 Å². The molecule has 3 heteroatoms. The van der Waals surface area contributed by atoms with E-state index in [0.717, 1.165) is 5.69 Å². The Balaban J connectivity index is 2.04. The lowest BCUT2D eigenvalue weighted by Gasteiger charge is -2.01. The second kappa shape index (κ2) is 5.81. The molecule has 28 heavy (non-hydrogen) atoms.